The first-order valence-electron chi connectivity index (χ1n) is 12.1. The lowest BCUT2D eigenvalue weighted by molar-refractivity contribution is -0.0505. The highest BCUT2D eigenvalue weighted by Crippen LogP contribution is 2.27. The summed E-state index contributed by atoms with van der Waals surface area (Å²) in [4.78, 5) is 37.5. The van der Waals surface area contributed by atoms with Gasteiger partial charge in [-0.2, -0.15) is 8.78 Å². The molecule has 0 N–H and O–H groups in total. The lowest BCUT2D eigenvalue weighted by Crippen LogP contribution is -2.52. The molecule has 0 bridgehead atoms. The minimum absolute atomic E-state index is 0.00651. The van der Waals surface area contributed by atoms with Gasteiger partial charge in [0, 0.05) is 50.2 Å². The van der Waals surface area contributed by atoms with Crippen LogP contribution in [-0.2, 0) is 18.3 Å². The predicted molar refractivity (Wildman–Crippen MR) is 134 cm³/mol. The van der Waals surface area contributed by atoms with Crippen molar-refractivity contribution in [2.45, 2.75) is 19.2 Å². The number of halogens is 2. The van der Waals surface area contributed by atoms with Crippen molar-refractivity contribution >= 4 is 22.9 Å². The highest BCUT2D eigenvalue weighted by Gasteiger charge is 2.38. The molecule has 0 saturated carbocycles. The third-order valence-electron chi connectivity index (χ3n) is 7.04. The van der Waals surface area contributed by atoms with E-state index in [2.05, 4.69) is 14.7 Å². The van der Waals surface area contributed by atoms with Crippen LogP contribution in [0, 0.1) is 0 Å². The van der Waals surface area contributed by atoms with Crippen molar-refractivity contribution in [1.29, 1.82) is 0 Å². The number of amides is 1. The Morgan fingerprint density at radius 3 is 2.66 bits per heavy atom. The van der Waals surface area contributed by atoms with Gasteiger partial charge >= 0.3 is 12.7 Å². The number of alkyl halides is 2. The number of nitrogens with zero attached hydrogens (tertiary/aromatic N) is 6. The second-order valence-corrected chi connectivity index (χ2v) is 9.25. The molecule has 2 aliphatic heterocycles. The van der Waals surface area contributed by atoms with E-state index < -0.39 is 6.61 Å². The number of carbonyl (C=O) groups excluding carboxylic acids is 1. The van der Waals surface area contributed by atoms with Gasteiger partial charge in [-0.3, -0.25) is 19.1 Å². The maximum Gasteiger partial charge on any atom is 0.410 e. The van der Waals surface area contributed by atoms with Crippen LogP contribution in [-0.4, -0.2) is 69.2 Å². The summed E-state index contributed by atoms with van der Waals surface area (Å²) >= 11 is 0. The van der Waals surface area contributed by atoms with E-state index in [-0.39, 0.29) is 30.0 Å². The number of ether oxygens (including phenoxy) is 2. The van der Waals surface area contributed by atoms with Gasteiger partial charge in [-0.05, 0) is 23.8 Å². The zero-order valence-corrected chi connectivity index (χ0v) is 20.5. The Hall–Kier alpha value is -4.48. The Bertz CT molecular complexity index is 1570. The molecule has 2 saturated heterocycles. The number of para-hydroxylation sites is 1. The number of rotatable bonds is 6. The molecule has 1 atom stereocenters. The summed E-state index contributed by atoms with van der Waals surface area (Å²) < 4.78 is 38.8. The minimum Gasteiger partial charge on any atom is -0.447 e. The topological polar surface area (TPSA) is 94.7 Å². The van der Waals surface area contributed by atoms with Crippen LogP contribution < -0.4 is 15.2 Å². The molecule has 2 aromatic heterocycles. The molecule has 0 spiro atoms. The SMILES string of the molecule is Cn1c(=O)c2ccc(-c3cnc(N4CCN5C(=O)OC[C@H]5C4)nc3)cc2n1Cc1ccccc1OC(F)F. The normalized spacial score (nSPS) is 17.3. The molecular weight excluding hydrogens is 498 g/mol. The van der Waals surface area contributed by atoms with Crippen molar-refractivity contribution in [1.82, 2.24) is 24.2 Å². The molecule has 1 amide bonds. The third-order valence-corrected chi connectivity index (χ3v) is 7.04. The fraction of sp³-hybridized carbons (Fsp3) is 0.308. The predicted octanol–water partition coefficient (Wildman–Crippen LogP) is 3.09. The summed E-state index contributed by atoms with van der Waals surface area (Å²) in [7, 11) is 1.64. The van der Waals surface area contributed by atoms with Gasteiger partial charge < -0.3 is 14.4 Å². The molecule has 10 nitrogen and oxygen atoms in total. The van der Waals surface area contributed by atoms with Crippen LogP contribution in [0.4, 0.5) is 19.5 Å². The average Bonchev–Trinajstić information content (AvgIpc) is 3.41. The first-order valence-corrected chi connectivity index (χ1v) is 12.1. The lowest BCUT2D eigenvalue weighted by Gasteiger charge is -2.35. The molecule has 6 rings (SSSR count). The maximum absolute atomic E-state index is 12.9. The Morgan fingerprint density at radius 2 is 1.87 bits per heavy atom. The Morgan fingerprint density at radius 1 is 1.08 bits per heavy atom. The second-order valence-electron chi connectivity index (χ2n) is 9.25. The number of benzene rings is 2. The summed E-state index contributed by atoms with van der Waals surface area (Å²) in [5.41, 5.74) is 2.54. The van der Waals surface area contributed by atoms with Crippen LogP contribution in [0.3, 0.4) is 0 Å². The Kier molecular flexibility index (Phi) is 5.93. The Balaban J connectivity index is 1.29. The van der Waals surface area contributed by atoms with Crippen molar-refractivity contribution in [3.8, 4) is 16.9 Å². The fourth-order valence-electron chi connectivity index (χ4n) is 5.05. The van der Waals surface area contributed by atoms with E-state index in [1.807, 2.05) is 17.0 Å². The van der Waals surface area contributed by atoms with Crippen LogP contribution in [0.5, 0.6) is 5.75 Å². The standard InChI is InChI=1S/C26H24F2N6O4/c1-31-23(35)20-7-6-16(10-21(20)34(31)13-17-4-2-3-5-22(17)38-24(27)28)18-11-29-25(30-12-18)32-8-9-33-19(14-32)15-37-26(33)36/h2-7,10-12,19,24H,8-9,13-15H2,1H3/t19-/m1/s1. The fourth-order valence-corrected chi connectivity index (χ4v) is 5.05. The number of hydrogen-bond acceptors (Lipinski definition) is 7. The minimum atomic E-state index is -2.95. The largest absolute Gasteiger partial charge is 0.447 e. The quantitative estimate of drug-likeness (QED) is 0.384. The number of cyclic esters (lactones) is 1. The summed E-state index contributed by atoms with van der Waals surface area (Å²) in [5, 5.41) is 0.507. The summed E-state index contributed by atoms with van der Waals surface area (Å²) in [6.07, 6.45) is 3.18. The van der Waals surface area contributed by atoms with Gasteiger partial charge in [0.2, 0.25) is 5.95 Å². The molecule has 4 aromatic rings. The molecule has 2 aromatic carbocycles. The van der Waals surface area contributed by atoms with Crippen LogP contribution in [0.1, 0.15) is 5.56 Å². The van der Waals surface area contributed by atoms with E-state index in [0.29, 0.717) is 48.7 Å². The van der Waals surface area contributed by atoms with Crippen molar-refractivity contribution in [2.24, 2.45) is 7.05 Å². The van der Waals surface area contributed by atoms with Gasteiger partial charge in [0.15, 0.2) is 0 Å². The van der Waals surface area contributed by atoms with Gasteiger partial charge in [0.25, 0.3) is 5.56 Å². The van der Waals surface area contributed by atoms with Gasteiger partial charge in [-0.25, -0.2) is 14.8 Å². The molecule has 196 valence electrons. The number of anilines is 1. The molecule has 12 heteroatoms. The van der Waals surface area contributed by atoms with Gasteiger partial charge in [0.1, 0.15) is 12.4 Å². The van der Waals surface area contributed by atoms with Crippen molar-refractivity contribution < 1.29 is 23.0 Å². The number of aromatic nitrogens is 4. The van der Waals surface area contributed by atoms with Gasteiger partial charge in [0.05, 0.1) is 23.5 Å². The molecular formula is C26H24F2N6O4. The van der Waals surface area contributed by atoms with E-state index in [1.165, 1.54) is 10.7 Å². The summed E-state index contributed by atoms with van der Waals surface area (Å²) in [5.74, 6) is 0.632. The summed E-state index contributed by atoms with van der Waals surface area (Å²) in [6.45, 7) is -0.647. The molecule has 4 heterocycles. The first kappa shape index (κ1) is 23.9. The lowest BCUT2D eigenvalue weighted by atomic mass is 10.1. The molecule has 38 heavy (non-hydrogen) atoms. The summed E-state index contributed by atoms with van der Waals surface area (Å²) in [6, 6.07) is 12.0. The van der Waals surface area contributed by atoms with E-state index >= 15 is 0 Å². The number of hydrogen-bond donors (Lipinski definition) is 0. The van der Waals surface area contributed by atoms with Crippen LogP contribution >= 0.6 is 0 Å². The highest BCUT2D eigenvalue weighted by atomic mass is 19.3. The zero-order chi connectivity index (χ0) is 26.4. The first-order chi connectivity index (χ1) is 18.4. The maximum atomic E-state index is 12.9. The van der Waals surface area contributed by atoms with Crippen molar-refractivity contribution in [3.63, 3.8) is 0 Å². The monoisotopic (exact) mass is 522 g/mol. The van der Waals surface area contributed by atoms with Crippen molar-refractivity contribution in [2.75, 3.05) is 31.1 Å². The average molecular weight is 523 g/mol. The molecule has 0 aliphatic carbocycles. The number of piperazine rings is 1. The number of fused-ring (bicyclic) bond motifs is 2. The van der Waals surface area contributed by atoms with Gasteiger partial charge in [-0.15, -0.1) is 0 Å². The van der Waals surface area contributed by atoms with Gasteiger partial charge in [-0.1, -0.05) is 24.3 Å². The van der Waals surface area contributed by atoms with Crippen molar-refractivity contribution in [3.05, 3.63) is 70.8 Å². The Labute approximate surface area is 215 Å². The number of carbonyl (C=O) groups is 1. The third kappa shape index (κ3) is 4.21. The van der Waals surface area contributed by atoms with Crippen LogP contribution in [0.25, 0.3) is 22.0 Å². The highest BCUT2D eigenvalue weighted by molar-refractivity contribution is 5.84. The molecule has 0 radical (unpaired) electrons. The second kappa shape index (κ2) is 9.43. The van der Waals surface area contributed by atoms with Crippen LogP contribution in [0.15, 0.2) is 59.7 Å². The zero-order valence-electron chi connectivity index (χ0n) is 20.5. The smallest absolute Gasteiger partial charge is 0.410 e. The molecule has 2 fully saturated rings. The molecule has 0 unspecified atom stereocenters. The van der Waals surface area contributed by atoms with E-state index in [0.717, 1.165) is 11.1 Å². The molecule has 2 aliphatic rings. The van der Waals surface area contributed by atoms with E-state index in [4.69, 9.17) is 4.74 Å². The van der Waals surface area contributed by atoms with E-state index in [9.17, 15) is 18.4 Å². The van der Waals surface area contributed by atoms with Crippen LogP contribution in [0.2, 0.25) is 0 Å². The van der Waals surface area contributed by atoms with E-state index in [1.54, 1.807) is 53.3 Å².